The number of nitrogens with one attached hydrogen (secondary N) is 1. The minimum absolute atomic E-state index is 0.541. The van der Waals surface area contributed by atoms with Crippen LogP contribution in [-0.4, -0.2) is 42.8 Å². The predicted octanol–water partition coefficient (Wildman–Crippen LogP) is 2.76. The Morgan fingerprint density at radius 1 is 1.25 bits per heavy atom. The standard InChI is InChI=1S/C18H24N6/c1-12-8-19-22-17(12)15-5-4-6-23(10-15)11-16-9-20-24-14(3)7-13(2)21-18(16)24/h7-9,15H,4-6,10-11H2,1-3H3,(H,19,22). The maximum Gasteiger partial charge on any atom is 0.159 e. The van der Waals surface area contributed by atoms with Gasteiger partial charge in [-0.2, -0.15) is 10.2 Å². The van der Waals surface area contributed by atoms with Crippen LogP contribution < -0.4 is 0 Å². The molecule has 0 bridgehead atoms. The SMILES string of the molecule is Cc1cc(C)n2ncc(CN3CCCC(c4[nH]ncc4C)C3)c2n1. The van der Waals surface area contributed by atoms with Gasteiger partial charge in [0.05, 0.1) is 12.4 Å². The van der Waals surface area contributed by atoms with Crippen LogP contribution >= 0.6 is 0 Å². The van der Waals surface area contributed by atoms with Gasteiger partial charge in [0.2, 0.25) is 0 Å². The van der Waals surface area contributed by atoms with E-state index in [4.69, 9.17) is 4.98 Å². The lowest BCUT2D eigenvalue weighted by Gasteiger charge is -2.32. The van der Waals surface area contributed by atoms with E-state index in [2.05, 4.69) is 40.1 Å². The number of hydrogen-bond donors (Lipinski definition) is 1. The summed E-state index contributed by atoms with van der Waals surface area (Å²) in [4.78, 5) is 7.22. The summed E-state index contributed by atoms with van der Waals surface area (Å²) in [5, 5.41) is 11.9. The highest BCUT2D eigenvalue weighted by molar-refractivity contribution is 5.47. The zero-order chi connectivity index (χ0) is 16.7. The van der Waals surface area contributed by atoms with Crippen molar-refractivity contribution in [3.05, 3.63) is 46.7 Å². The molecule has 1 unspecified atom stereocenters. The Morgan fingerprint density at radius 3 is 2.92 bits per heavy atom. The van der Waals surface area contributed by atoms with Crippen molar-refractivity contribution in [3.8, 4) is 0 Å². The smallest absolute Gasteiger partial charge is 0.159 e. The fraction of sp³-hybridized carbons (Fsp3) is 0.500. The molecule has 6 heteroatoms. The summed E-state index contributed by atoms with van der Waals surface area (Å²) in [5.41, 5.74) is 6.95. The maximum atomic E-state index is 4.70. The monoisotopic (exact) mass is 324 g/mol. The minimum atomic E-state index is 0.541. The average Bonchev–Trinajstić information content (AvgIpc) is 3.15. The lowest BCUT2D eigenvalue weighted by molar-refractivity contribution is 0.198. The molecule has 126 valence electrons. The molecule has 0 aromatic carbocycles. The molecule has 0 aliphatic carbocycles. The Kier molecular flexibility index (Phi) is 3.84. The number of aromatic amines is 1. The maximum absolute atomic E-state index is 4.70. The third-order valence-corrected chi connectivity index (χ3v) is 5.03. The van der Waals surface area contributed by atoms with E-state index in [1.807, 2.05) is 23.8 Å². The van der Waals surface area contributed by atoms with Crippen molar-refractivity contribution in [3.63, 3.8) is 0 Å². The van der Waals surface area contributed by atoms with Gasteiger partial charge in [-0.3, -0.25) is 10.00 Å². The van der Waals surface area contributed by atoms with Gasteiger partial charge in [-0.15, -0.1) is 0 Å². The highest BCUT2D eigenvalue weighted by Gasteiger charge is 2.24. The Labute approximate surface area is 141 Å². The highest BCUT2D eigenvalue weighted by Crippen LogP contribution is 2.28. The number of H-pyrrole nitrogens is 1. The van der Waals surface area contributed by atoms with Crippen LogP contribution in [0.3, 0.4) is 0 Å². The number of aryl methyl sites for hydroxylation is 3. The first-order chi connectivity index (χ1) is 11.6. The molecule has 6 nitrogen and oxygen atoms in total. The van der Waals surface area contributed by atoms with Crippen LogP contribution in [0.25, 0.3) is 5.65 Å². The van der Waals surface area contributed by atoms with E-state index in [1.165, 1.54) is 29.7 Å². The van der Waals surface area contributed by atoms with E-state index in [1.54, 1.807) is 0 Å². The number of aromatic nitrogens is 5. The molecule has 1 saturated heterocycles. The van der Waals surface area contributed by atoms with Gasteiger partial charge in [-0.05, 0) is 51.8 Å². The molecule has 0 spiro atoms. The quantitative estimate of drug-likeness (QED) is 0.805. The van der Waals surface area contributed by atoms with Gasteiger partial charge >= 0.3 is 0 Å². The summed E-state index contributed by atoms with van der Waals surface area (Å²) in [7, 11) is 0. The summed E-state index contributed by atoms with van der Waals surface area (Å²) in [6.07, 6.45) is 6.34. The molecule has 1 fully saturated rings. The van der Waals surface area contributed by atoms with E-state index in [-0.39, 0.29) is 0 Å². The van der Waals surface area contributed by atoms with Gasteiger partial charge in [0.15, 0.2) is 5.65 Å². The molecule has 0 amide bonds. The third-order valence-electron chi connectivity index (χ3n) is 5.03. The van der Waals surface area contributed by atoms with Gasteiger partial charge in [0.1, 0.15) is 0 Å². The first-order valence-corrected chi connectivity index (χ1v) is 8.65. The molecule has 1 atom stereocenters. The van der Waals surface area contributed by atoms with Crippen LogP contribution in [0.1, 0.15) is 47.0 Å². The van der Waals surface area contributed by atoms with Gasteiger partial charge in [-0.1, -0.05) is 0 Å². The van der Waals surface area contributed by atoms with Crippen LogP contribution in [0.2, 0.25) is 0 Å². The van der Waals surface area contributed by atoms with E-state index >= 15 is 0 Å². The van der Waals surface area contributed by atoms with Crippen LogP contribution in [0, 0.1) is 20.8 Å². The van der Waals surface area contributed by atoms with Crippen molar-refractivity contribution in [1.29, 1.82) is 0 Å². The van der Waals surface area contributed by atoms with Crippen LogP contribution in [0.5, 0.6) is 0 Å². The minimum Gasteiger partial charge on any atom is -0.298 e. The molecule has 1 aliphatic heterocycles. The second-order valence-corrected chi connectivity index (χ2v) is 6.99. The van der Waals surface area contributed by atoms with Crippen molar-refractivity contribution in [2.75, 3.05) is 13.1 Å². The fourth-order valence-electron chi connectivity index (χ4n) is 3.87. The lowest BCUT2D eigenvalue weighted by Crippen LogP contribution is -2.34. The number of rotatable bonds is 3. The zero-order valence-electron chi connectivity index (χ0n) is 14.6. The summed E-state index contributed by atoms with van der Waals surface area (Å²) < 4.78 is 1.95. The van der Waals surface area contributed by atoms with Crippen LogP contribution in [0.15, 0.2) is 18.5 Å². The topological polar surface area (TPSA) is 62.1 Å². The number of fused-ring (bicyclic) bond motifs is 1. The summed E-state index contributed by atoms with van der Waals surface area (Å²) in [6, 6.07) is 2.07. The fourth-order valence-corrected chi connectivity index (χ4v) is 3.87. The van der Waals surface area contributed by atoms with Crippen molar-refractivity contribution >= 4 is 5.65 Å². The molecular weight excluding hydrogens is 300 g/mol. The van der Waals surface area contributed by atoms with Crippen molar-refractivity contribution < 1.29 is 0 Å². The van der Waals surface area contributed by atoms with Gasteiger partial charge in [-0.25, -0.2) is 9.50 Å². The van der Waals surface area contributed by atoms with E-state index < -0.39 is 0 Å². The third kappa shape index (κ3) is 2.71. The van der Waals surface area contributed by atoms with Gasteiger partial charge in [0, 0.05) is 41.7 Å². The molecular formula is C18H24N6. The Hall–Kier alpha value is -2.21. The summed E-state index contributed by atoms with van der Waals surface area (Å²) in [6.45, 7) is 9.36. The second kappa shape index (κ2) is 6.02. The molecule has 4 heterocycles. The Bertz CT molecular complexity index is 862. The van der Waals surface area contributed by atoms with Crippen molar-refractivity contribution in [2.45, 2.75) is 46.1 Å². The number of nitrogens with zero attached hydrogens (tertiary/aromatic N) is 5. The molecule has 1 aliphatic rings. The lowest BCUT2D eigenvalue weighted by atomic mass is 9.93. The van der Waals surface area contributed by atoms with E-state index in [0.29, 0.717) is 5.92 Å². The molecule has 0 saturated carbocycles. The highest BCUT2D eigenvalue weighted by atomic mass is 15.3. The summed E-state index contributed by atoms with van der Waals surface area (Å²) in [5.74, 6) is 0.541. The van der Waals surface area contributed by atoms with Crippen LogP contribution in [0.4, 0.5) is 0 Å². The Balaban J connectivity index is 1.56. The Morgan fingerprint density at radius 2 is 2.12 bits per heavy atom. The van der Waals surface area contributed by atoms with E-state index in [0.717, 1.165) is 36.7 Å². The van der Waals surface area contributed by atoms with Crippen LogP contribution in [-0.2, 0) is 6.54 Å². The average molecular weight is 324 g/mol. The second-order valence-electron chi connectivity index (χ2n) is 6.99. The number of likely N-dealkylation sites (tertiary alicyclic amines) is 1. The summed E-state index contributed by atoms with van der Waals surface area (Å²) >= 11 is 0. The molecule has 1 N–H and O–H groups in total. The van der Waals surface area contributed by atoms with Crippen molar-refractivity contribution in [2.24, 2.45) is 0 Å². The molecule has 0 radical (unpaired) electrons. The first-order valence-electron chi connectivity index (χ1n) is 8.65. The molecule has 4 rings (SSSR count). The van der Waals surface area contributed by atoms with Gasteiger partial charge < -0.3 is 0 Å². The predicted molar refractivity (Wildman–Crippen MR) is 93.0 cm³/mol. The normalized spacial score (nSPS) is 19.2. The molecule has 24 heavy (non-hydrogen) atoms. The number of piperidine rings is 1. The van der Waals surface area contributed by atoms with Gasteiger partial charge in [0.25, 0.3) is 0 Å². The van der Waals surface area contributed by atoms with Crippen molar-refractivity contribution in [1.82, 2.24) is 29.7 Å². The largest absolute Gasteiger partial charge is 0.298 e. The zero-order valence-corrected chi connectivity index (χ0v) is 14.6. The number of hydrogen-bond acceptors (Lipinski definition) is 4. The molecule has 3 aromatic rings. The first kappa shape index (κ1) is 15.3. The van der Waals surface area contributed by atoms with E-state index in [9.17, 15) is 0 Å². The molecule has 3 aromatic heterocycles.